The smallest absolute Gasteiger partial charge is 0.261 e. The monoisotopic (exact) mass is 281 g/mol. The third-order valence-electron chi connectivity index (χ3n) is 2.61. The summed E-state index contributed by atoms with van der Waals surface area (Å²) in [5.41, 5.74) is 0. The van der Waals surface area contributed by atoms with Crippen LogP contribution in [0.2, 0.25) is 0 Å². The van der Waals surface area contributed by atoms with Crippen LogP contribution in [0.4, 0.5) is 0 Å². The average Bonchev–Trinajstić information content (AvgIpc) is 2.65. The average molecular weight is 282 g/mol. The van der Waals surface area contributed by atoms with Crippen molar-refractivity contribution >= 4 is 22.4 Å². The van der Waals surface area contributed by atoms with Crippen molar-refractivity contribution < 1.29 is 8.42 Å². The van der Waals surface area contributed by atoms with Gasteiger partial charge in [0.2, 0.25) is 0 Å². The number of aromatic nitrogens is 3. The quantitative estimate of drug-likeness (QED) is 0.769. The lowest BCUT2D eigenvalue weighted by Gasteiger charge is -2.30. The molecule has 1 saturated heterocycles. The molecule has 1 atom stereocenters. The van der Waals surface area contributed by atoms with Gasteiger partial charge in [0.1, 0.15) is 0 Å². The number of hydrogen-bond acceptors (Lipinski definition) is 5. The zero-order valence-electron chi connectivity index (χ0n) is 9.70. The van der Waals surface area contributed by atoms with Crippen molar-refractivity contribution in [3.8, 4) is 0 Å². The summed E-state index contributed by atoms with van der Waals surface area (Å²) in [7, 11) is -1.88. The van der Waals surface area contributed by atoms with E-state index in [9.17, 15) is 8.42 Å². The maximum absolute atomic E-state index is 12.2. The largest absolute Gasteiger partial charge is 0.312 e. The van der Waals surface area contributed by atoms with Gasteiger partial charge in [0, 0.05) is 32.7 Å². The zero-order chi connectivity index (χ0) is 11.8. The van der Waals surface area contributed by atoms with E-state index in [-0.39, 0.29) is 23.5 Å². The minimum Gasteiger partial charge on any atom is -0.312 e. The van der Waals surface area contributed by atoms with Crippen molar-refractivity contribution in [2.24, 2.45) is 7.05 Å². The van der Waals surface area contributed by atoms with Gasteiger partial charge in [0.05, 0.1) is 6.20 Å². The number of rotatable bonds is 2. The van der Waals surface area contributed by atoms with Gasteiger partial charge in [-0.2, -0.15) is 4.31 Å². The summed E-state index contributed by atoms with van der Waals surface area (Å²) in [6.45, 7) is 3.60. The van der Waals surface area contributed by atoms with E-state index in [4.69, 9.17) is 0 Å². The van der Waals surface area contributed by atoms with Gasteiger partial charge in [-0.3, -0.25) is 0 Å². The second-order valence-electron chi connectivity index (χ2n) is 3.91. The number of nitrogens with one attached hydrogen (secondary N) is 1. The molecule has 0 amide bonds. The molecule has 0 saturated carbocycles. The first-order chi connectivity index (χ1) is 7.51. The second-order valence-corrected chi connectivity index (χ2v) is 5.80. The molecule has 1 aliphatic heterocycles. The van der Waals surface area contributed by atoms with Crippen LogP contribution in [0.5, 0.6) is 0 Å². The molecule has 7 nitrogen and oxygen atoms in total. The van der Waals surface area contributed by atoms with E-state index >= 15 is 0 Å². The molecule has 1 aromatic rings. The summed E-state index contributed by atoms with van der Waals surface area (Å²) in [5.74, 6) is 0. The molecule has 2 heterocycles. The van der Waals surface area contributed by atoms with Crippen LogP contribution < -0.4 is 5.32 Å². The van der Waals surface area contributed by atoms with Crippen LogP contribution in [0.1, 0.15) is 6.92 Å². The molecule has 0 aromatic carbocycles. The summed E-state index contributed by atoms with van der Waals surface area (Å²) >= 11 is 0. The Kier molecular flexibility index (Phi) is 4.48. The first kappa shape index (κ1) is 14.4. The fourth-order valence-corrected chi connectivity index (χ4v) is 3.33. The van der Waals surface area contributed by atoms with Crippen molar-refractivity contribution in [1.29, 1.82) is 0 Å². The van der Waals surface area contributed by atoms with Crippen LogP contribution in [-0.4, -0.2) is 53.4 Å². The zero-order valence-corrected chi connectivity index (χ0v) is 11.3. The SMILES string of the molecule is C[C@H]1CN(S(=O)(=O)c2cnnn2C)CCN1.Cl. The summed E-state index contributed by atoms with van der Waals surface area (Å²) in [5, 5.41) is 10.6. The first-order valence-electron chi connectivity index (χ1n) is 5.10. The van der Waals surface area contributed by atoms with Crippen molar-refractivity contribution in [3.63, 3.8) is 0 Å². The molecular formula is C8H16ClN5O2S. The fraction of sp³-hybridized carbons (Fsp3) is 0.750. The number of piperazine rings is 1. The van der Waals surface area contributed by atoms with Crippen LogP contribution in [0.15, 0.2) is 11.2 Å². The second kappa shape index (κ2) is 5.30. The number of hydrogen-bond donors (Lipinski definition) is 1. The standard InChI is InChI=1S/C8H15N5O2S.ClH/c1-7-6-13(4-3-9-7)16(14,15)8-5-10-11-12(8)2;/h5,7,9H,3-4,6H2,1-2H3;1H/t7-;/m0./s1. The van der Waals surface area contributed by atoms with E-state index < -0.39 is 10.0 Å². The van der Waals surface area contributed by atoms with E-state index in [0.717, 1.165) is 0 Å². The van der Waals surface area contributed by atoms with Crippen molar-refractivity contribution in [1.82, 2.24) is 24.6 Å². The highest BCUT2D eigenvalue weighted by Gasteiger charge is 2.30. The molecule has 2 rings (SSSR count). The van der Waals surface area contributed by atoms with Crippen LogP contribution in [0.25, 0.3) is 0 Å². The van der Waals surface area contributed by atoms with Gasteiger partial charge >= 0.3 is 0 Å². The lowest BCUT2D eigenvalue weighted by Crippen LogP contribution is -2.51. The molecular weight excluding hydrogens is 266 g/mol. The van der Waals surface area contributed by atoms with E-state index in [2.05, 4.69) is 15.6 Å². The van der Waals surface area contributed by atoms with Gasteiger partial charge in [-0.05, 0) is 6.92 Å². The van der Waals surface area contributed by atoms with Gasteiger partial charge < -0.3 is 5.32 Å². The lowest BCUT2D eigenvalue weighted by atomic mass is 10.3. The molecule has 0 unspecified atom stereocenters. The molecule has 98 valence electrons. The van der Waals surface area contributed by atoms with Gasteiger partial charge in [0.25, 0.3) is 10.0 Å². The molecule has 1 fully saturated rings. The van der Waals surface area contributed by atoms with E-state index in [1.54, 1.807) is 7.05 Å². The van der Waals surface area contributed by atoms with E-state index in [1.807, 2.05) is 6.92 Å². The minimum atomic E-state index is -3.45. The molecule has 1 aliphatic rings. The summed E-state index contributed by atoms with van der Waals surface area (Å²) in [4.78, 5) is 0. The van der Waals surface area contributed by atoms with Crippen molar-refractivity contribution in [3.05, 3.63) is 6.20 Å². The van der Waals surface area contributed by atoms with Gasteiger partial charge in [-0.25, -0.2) is 13.1 Å². The molecule has 0 bridgehead atoms. The minimum absolute atomic E-state index is 0. The molecule has 9 heteroatoms. The van der Waals surface area contributed by atoms with Gasteiger partial charge in [-0.15, -0.1) is 17.5 Å². The van der Waals surface area contributed by atoms with E-state index in [0.29, 0.717) is 19.6 Å². The highest BCUT2D eigenvalue weighted by Crippen LogP contribution is 2.14. The highest BCUT2D eigenvalue weighted by atomic mass is 35.5. The van der Waals surface area contributed by atoms with Crippen molar-refractivity contribution in [2.75, 3.05) is 19.6 Å². The third-order valence-corrected chi connectivity index (χ3v) is 4.52. The maximum Gasteiger partial charge on any atom is 0.261 e. The first-order valence-corrected chi connectivity index (χ1v) is 6.54. The Morgan fingerprint density at radius 3 is 2.76 bits per heavy atom. The predicted molar refractivity (Wildman–Crippen MR) is 64.5 cm³/mol. The van der Waals surface area contributed by atoms with Crippen LogP contribution in [0, 0.1) is 0 Å². The number of nitrogens with zero attached hydrogens (tertiary/aromatic N) is 4. The molecule has 17 heavy (non-hydrogen) atoms. The molecule has 1 N–H and O–H groups in total. The predicted octanol–water partition coefficient (Wildman–Crippen LogP) is -0.781. The van der Waals surface area contributed by atoms with Gasteiger partial charge in [0.15, 0.2) is 5.03 Å². The van der Waals surface area contributed by atoms with Crippen molar-refractivity contribution in [2.45, 2.75) is 18.0 Å². The van der Waals surface area contributed by atoms with E-state index in [1.165, 1.54) is 15.2 Å². The third kappa shape index (κ3) is 2.76. The number of sulfonamides is 1. The molecule has 0 aliphatic carbocycles. The number of halogens is 1. The normalized spacial score (nSPS) is 22.1. The number of aryl methyl sites for hydroxylation is 1. The Bertz CT molecular complexity index is 474. The summed E-state index contributed by atoms with van der Waals surface area (Å²) in [6.07, 6.45) is 1.28. The Labute approximate surface area is 107 Å². The van der Waals surface area contributed by atoms with Crippen LogP contribution >= 0.6 is 12.4 Å². The van der Waals surface area contributed by atoms with Gasteiger partial charge in [-0.1, -0.05) is 5.21 Å². The molecule has 0 radical (unpaired) electrons. The Morgan fingerprint density at radius 1 is 1.53 bits per heavy atom. The Balaban J connectivity index is 0.00000144. The van der Waals surface area contributed by atoms with Crippen LogP contribution in [0.3, 0.4) is 0 Å². The topological polar surface area (TPSA) is 80.1 Å². The summed E-state index contributed by atoms with van der Waals surface area (Å²) in [6, 6.07) is 0.171. The Hall–Kier alpha value is -0.700. The summed E-state index contributed by atoms with van der Waals surface area (Å²) < 4.78 is 27.2. The maximum atomic E-state index is 12.2. The lowest BCUT2D eigenvalue weighted by molar-refractivity contribution is 0.308. The molecule has 1 aromatic heterocycles. The van der Waals surface area contributed by atoms with Crippen LogP contribution in [-0.2, 0) is 17.1 Å². The fourth-order valence-electron chi connectivity index (χ4n) is 1.76. The molecule has 0 spiro atoms. The highest BCUT2D eigenvalue weighted by molar-refractivity contribution is 7.89. The Morgan fingerprint density at radius 2 is 2.24 bits per heavy atom.